The van der Waals surface area contributed by atoms with Gasteiger partial charge in [0.2, 0.25) is 0 Å². The topological polar surface area (TPSA) is 64.3 Å². The lowest BCUT2D eigenvalue weighted by Crippen LogP contribution is -2.42. The number of aromatic nitrogens is 2. The van der Waals surface area contributed by atoms with Gasteiger partial charge in [0.15, 0.2) is 5.82 Å². The van der Waals surface area contributed by atoms with Crippen LogP contribution in [0, 0.1) is 0 Å². The third-order valence-corrected chi connectivity index (χ3v) is 4.81. The SMILES string of the molecule is CC(C)N1CCOC(c2nc(N)c(Br)c(C3CC3)n2)C1. The quantitative estimate of drug-likeness (QED) is 0.915. The summed E-state index contributed by atoms with van der Waals surface area (Å²) in [4.78, 5) is 11.5. The summed E-state index contributed by atoms with van der Waals surface area (Å²) in [7, 11) is 0. The summed E-state index contributed by atoms with van der Waals surface area (Å²) in [5, 5.41) is 0. The Kier molecular flexibility index (Phi) is 3.97. The number of hydrogen-bond acceptors (Lipinski definition) is 5. The lowest BCUT2D eigenvalue weighted by Gasteiger charge is -2.34. The maximum Gasteiger partial charge on any atom is 0.161 e. The van der Waals surface area contributed by atoms with E-state index >= 15 is 0 Å². The Labute approximate surface area is 128 Å². The van der Waals surface area contributed by atoms with Gasteiger partial charge in [-0.2, -0.15) is 0 Å². The lowest BCUT2D eigenvalue weighted by molar-refractivity contribution is -0.0443. The Morgan fingerprint density at radius 3 is 2.75 bits per heavy atom. The molecule has 2 fully saturated rings. The third kappa shape index (κ3) is 2.82. The Morgan fingerprint density at radius 2 is 2.10 bits per heavy atom. The number of nitrogens with zero attached hydrogens (tertiary/aromatic N) is 3. The summed E-state index contributed by atoms with van der Waals surface area (Å²) in [6.45, 7) is 6.93. The van der Waals surface area contributed by atoms with Gasteiger partial charge in [0.1, 0.15) is 11.9 Å². The molecule has 0 bridgehead atoms. The zero-order valence-corrected chi connectivity index (χ0v) is 13.6. The van der Waals surface area contributed by atoms with Crippen molar-refractivity contribution in [1.82, 2.24) is 14.9 Å². The van der Waals surface area contributed by atoms with E-state index in [1.807, 2.05) is 0 Å². The molecule has 5 nitrogen and oxygen atoms in total. The van der Waals surface area contributed by atoms with Crippen LogP contribution >= 0.6 is 15.9 Å². The molecule has 1 aliphatic heterocycles. The molecular weight excluding hydrogens is 320 g/mol. The fourth-order valence-electron chi connectivity index (χ4n) is 2.57. The number of rotatable bonds is 3. The van der Waals surface area contributed by atoms with Gasteiger partial charge in [-0.25, -0.2) is 9.97 Å². The van der Waals surface area contributed by atoms with E-state index in [2.05, 4.69) is 39.7 Å². The van der Waals surface area contributed by atoms with E-state index in [4.69, 9.17) is 15.5 Å². The van der Waals surface area contributed by atoms with Crippen LogP contribution in [0.1, 0.15) is 50.2 Å². The molecule has 0 aromatic carbocycles. The molecule has 1 aromatic heterocycles. The molecule has 2 heterocycles. The summed E-state index contributed by atoms with van der Waals surface area (Å²) < 4.78 is 6.72. The van der Waals surface area contributed by atoms with Crippen LogP contribution in [0.15, 0.2) is 4.47 Å². The van der Waals surface area contributed by atoms with Crippen LogP contribution in [0.3, 0.4) is 0 Å². The predicted molar refractivity (Wildman–Crippen MR) is 81.5 cm³/mol. The number of halogens is 1. The van der Waals surface area contributed by atoms with Gasteiger partial charge in [-0.1, -0.05) is 0 Å². The Bertz CT molecular complexity index is 504. The fraction of sp³-hybridized carbons (Fsp3) is 0.714. The second-order valence-electron chi connectivity index (χ2n) is 5.89. The zero-order chi connectivity index (χ0) is 14.3. The molecule has 6 heteroatoms. The molecule has 1 atom stereocenters. The van der Waals surface area contributed by atoms with E-state index in [1.54, 1.807) is 0 Å². The maximum atomic E-state index is 6.02. The highest BCUT2D eigenvalue weighted by atomic mass is 79.9. The van der Waals surface area contributed by atoms with E-state index in [-0.39, 0.29) is 6.10 Å². The van der Waals surface area contributed by atoms with Crippen molar-refractivity contribution in [3.05, 3.63) is 16.0 Å². The first-order chi connectivity index (χ1) is 9.56. The van der Waals surface area contributed by atoms with E-state index in [1.165, 1.54) is 12.8 Å². The second-order valence-corrected chi connectivity index (χ2v) is 6.68. The summed E-state index contributed by atoms with van der Waals surface area (Å²) in [5.41, 5.74) is 7.07. The van der Waals surface area contributed by atoms with Gasteiger partial charge in [-0.3, -0.25) is 4.90 Å². The smallest absolute Gasteiger partial charge is 0.161 e. The first kappa shape index (κ1) is 14.2. The van der Waals surface area contributed by atoms with E-state index < -0.39 is 0 Å². The fourth-order valence-corrected chi connectivity index (χ4v) is 3.07. The third-order valence-electron chi connectivity index (χ3n) is 4.00. The summed E-state index contributed by atoms with van der Waals surface area (Å²) in [5.74, 6) is 1.80. The number of hydrogen-bond donors (Lipinski definition) is 1. The molecule has 1 aliphatic carbocycles. The van der Waals surface area contributed by atoms with Crippen molar-refractivity contribution < 1.29 is 4.74 Å². The van der Waals surface area contributed by atoms with Gasteiger partial charge >= 0.3 is 0 Å². The zero-order valence-electron chi connectivity index (χ0n) is 12.0. The highest BCUT2D eigenvalue weighted by Gasteiger charge is 2.32. The van der Waals surface area contributed by atoms with E-state index in [0.29, 0.717) is 17.8 Å². The van der Waals surface area contributed by atoms with Gasteiger partial charge in [0, 0.05) is 25.0 Å². The Hall–Kier alpha value is -0.720. The summed E-state index contributed by atoms with van der Waals surface area (Å²) in [6, 6.07) is 0.511. The van der Waals surface area contributed by atoms with Crippen LogP contribution in [0.2, 0.25) is 0 Å². The molecule has 1 aromatic rings. The van der Waals surface area contributed by atoms with Crippen molar-refractivity contribution >= 4 is 21.7 Å². The second kappa shape index (κ2) is 5.58. The molecule has 0 radical (unpaired) electrons. The molecule has 20 heavy (non-hydrogen) atoms. The highest BCUT2D eigenvalue weighted by molar-refractivity contribution is 9.10. The minimum absolute atomic E-state index is 0.0703. The molecular formula is C14H21BrN4O. The number of morpholine rings is 1. The molecule has 0 amide bonds. The van der Waals surface area contributed by atoms with Crippen LogP contribution in [0.5, 0.6) is 0 Å². The van der Waals surface area contributed by atoms with Crippen LogP contribution in [-0.4, -0.2) is 40.6 Å². The minimum atomic E-state index is -0.0703. The van der Waals surface area contributed by atoms with Crippen molar-refractivity contribution in [3.8, 4) is 0 Å². The molecule has 2 aliphatic rings. The average molecular weight is 341 g/mol. The Morgan fingerprint density at radius 1 is 1.35 bits per heavy atom. The number of ether oxygens (including phenoxy) is 1. The largest absolute Gasteiger partial charge is 0.383 e. The van der Waals surface area contributed by atoms with E-state index in [0.717, 1.165) is 35.7 Å². The standard InChI is InChI=1S/C14H21BrN4O/c1-8(2)19-5-6-20-10(7-19)14-17-12(9-3-4-9)11(15)13(16)18-14/h8-10H,3-7H2,1-2H3,(H2,16,17,18). The molecule has 2 N–H and O–H groups in total. The highest BCUT2D eigenvalue weighted by Crippen LogP contribution is 2.43. The molecule has 3 rings (SSSR count). The first-order valence-electron chi connectivity index (χ1n) is 7.24. The van der Waals surface area contributed by atoms with Gasteiger partial charge in [-0.15, -0.1) is 0 Å². The van der Waals surface area contributed by atoms with Crippen LogP contribution in [-0.2, 0) is 4.74 Å². The first-order valence-corrected chi connectivity index (χ1v) is 8.04. The monoisotopic (exact) mass is 340 g/mol. The maximum absolute atomic E-state index is 6.02. The lowest BCUT2D eigenvalue weighted by atomic mass is 10.2. The normalized spacial score (nSPS) is 24.3. The van der Waals surface area contributed by atoms with Gasteiger partial charge in [-0.05, 0) is 42.6 Å². The van der Waals surface area contributed by atoms with Gasteiger partial charge in [0.05, 0.1) is 16.8 Å². The number of anilines is 1. The summed E-state index contributed by atoms with van der Waals surface area (Å²) in [6.07, 6.45) is 2.31. The molecule has 1 saturated heterocycles. The average Bonchev–Trinajstić information content (AvgIpc) is 3.26. The van der Waals surface area contributed by atoms with Gasteiger partial charge < -0.3 is 10.5 Å². The van der Waals surface area contributed by atoms with Crippen molar-refractivity contribution in [2.75, 3.05) is 25.4 Å². The molecule has 0 spiro atoms. The van der Waals surface area contributed by atoms with Crippen molar-refractivity contribution in [1.29, 1.82) is 0 Å². The number of nitrogen functional groups attached to an aromatic ring is 1. The Balaban J connectivity index is 1.86. The van der Waals surface area contributed by atoms with Crippen molar-refractivity contribution in [2.24, 2.45) is 0 Å². The van der Waals surface area contributed by atoms with Gasteiger partial charge in [0.25, 0.3) is 0 Å². The molecule has 1 saturated carbocycles. The van der Waals surface area contributed by atoms with Crippen molar-refractivity contribution in [2.45, 2.75) is 44.8 Å². The molecule has 1 unspecified atom stereocenters. The van der Waals surface area contributed by atoms with Crippen LogP contribution in [0.4, 0.5) is 5.82 Å². The van der Waals surface area contributed by atoms with E-state index in [9.17, 15) is 0 Å². The minimum Gasteiger partial charge on any atom is -0.383 e. The van der Waals surface area contributed by atoms with Crippen molar-refractivity contribution in [3.63, 3.8) is 0 Å². The van der Waals surface area contributed by atoms with Crippen LogP contribution < -0.4 is 5.73 Å². The summed E-state index contributed by atoms with van der Waals surface area (Å²) >= 11 is 3.51. The van der Waals surface area contributed by atoms with Crippen LogP contribution in [0.25, 0.3) is 0 Å². The number of nitrogens with two attached hydrogens (primary N) is 1. The predicted octanol–water partition coefficient (Wildman–Crippen LogP) is 2.48. The molecule has 110 valence electrons.